The molecule has 2 N–H and O–H groups in total. The molecule has 96 valence electrons. The highest BCUT2D eigenvalue weighted by Gasteiger charge is 2.28. The Morgan fingerprint density at radius 2 is 2.24 bits per heavy atom. The van der Waals surface area contributed by atoms with Gasteiger partial charge in [-0.1, -0.05) is 13.0 Å². The van der Waals surface area contributed by atoms with Gasteiger partial charge in [-0.25, -0.2) is 8.42 Å². The first kappa shape index (κ1) is 13.9. The lowest BCUT2D eigenvalue weighted by Crippen LogP contribution is -2.32. The number of nitrogens with one attached hydrogen (secondary N) is 1. The molecule has 0 atom stereocenters. The highest BCUT2D eigenvalue weighted by atomic mass is 32.2. The van der Waals surface area contributed by atoms with Crippen LogP contribution < -0.4 is 0 Å². The fourth-order valence-electron chi connectivity index (χ4n) is 1.49. The summed E-state index contributed by atoms with van der Waals surface area (Å²) in [5.74, 6) is 0. The molecule has 0 aromatic carbocycles. The van der Waals surface area contributed by atoms with Crippen LogP contribution in [-0.4, -0.2) is 41.1 Å². The van der Waals surface area contributed by atoms with Crippen LogP contribution in [0.3, 0.4) is 0 Å². The Hall–Kier alpha value is -1.18. The summed E-state index contributed by atoms with van der Waals surface area (Å²) in [5, 5.41) is 15.4. The number of likely N-dealkylation sites (N-methyl/N-ethyl adjacent to an activating group) is 1. The fourth-order valence-corrected chi connectivity index (χ4v) is 3.07. The Morgan fingerprint density at radius 3 is 2.71 bits per heavy atom. The van der Waals surface area contributed by atoms with Crippen molar-refractivity contribution in [2.45, 2.75) is 25.5 Å². The number of aryl methyl sites for hydroxylation is 1. The number of sulfonamides is 1. The number of aromatic amines is 1. The van der Waals surface area contributed by atoms with Gasteiger partial charge in [0.2, 0.25) is 0 Å². The average Bonchev–Trinajstić information content (AvgIpc) is 2.67. The predicted octanol–water partition coefficient (Wildman–Crippen LogP) is 0.407. The van der Waals surface area contributed by atoms with E-state index in [0.717, 1.165) is 0 Å². The van der Waals surface area contributed by atoms with Crippen LogP contribution in [0.25, 0.3) is 0 Å². The van der Waals surface area contributed by atoms with E-state index in [0.29, 0.717) is 17.8 Å². The van der Waals surface area contributed by atoms with Crippen LogP contribution in [-0.2, 0) is 16.6 Å². The molecule has 1 aromatic rings. The second-order valence-corrected chi connectivity index (χ2v) is 5.39. The van der Waals surface area contributed by atoms with Gasteiger partial charge in [-0.15, -0.1) is 6.58 Å². The van der Waals surface area contributed by atoms with E-state index in [1.807, 2.05) is 0 Å². The lowest BCUT2D eigenvalue weighted by Gasteiger charge is -2.17. The summed E-state index contributed by atoms with van der Waals surface area (Å²) >= 11 is 0. The molecule has 0 spiro atoms. The molecule has 0 aliphatic heterocycles. The molecule has 1 aromatic heterocycles. The minimum absolute atomic E-state index is 0.110. The van der Waals surface area contributed by atoms with Gasteiger partial charge in [-0.3, -0.25) is 5.10 Å². The van der Waals surface area contributed by atoms with Crippen molar-refractivity contribution in [3.63, 3.8) is 0 Å². The number of aliphatic hydroxyl groups excluding tert-OH is 1. The maximum atomic E-state index is 12.2. The Kier molecular flexibility index (Phi) is 4.44. The van der Waals surface area contributed by atoms with Gasteiger partial charge in [0.05, 0.1) is 6.61 Å². The van der Waals surface area contributed by atoms with Crippen LogP contribution in [0.2, 0.25) is 0 Å². The van der Waals surface area contributed by atoms with Crippen LogP contribution >= 0.6 is 0 Å². The molecule has 6 nitrogen and oxygen atoms in total. The van der Waals surface area contributed by atoms with Crippen molar-refractivity contribution in [1.82, 2.24) is 14.5 Å². The molecule has 1 heterocycles. The molecular weight excluding hydrogens is 242 g/mol. The van der Waals surface area contributed by atoms with Crippen molar-refractivity contribution in [1.29, 1.82) is 0 Å². The first-order valence-corrected chi connectivity index (χ1v) is 6.68. The first-order chi connectivity index (χ1) is 7.98. The molecular formula is C10H17N3O3S. The molecule has 0 aliphatic carbocycles. The number of hydrogen-bond acceptors (Lipinski definition) is 4. The normalized spacial score (nSPS) is 12.0. The zero-order valence-electron chi connectivity index (χ0n) is 9.97. The fraction of sp³-hybridized carbons (Fsp3) is 0.500. The molecule has 0 saturated heterocycles. The van der Waals surface area contributed by atoms with E-state index >= 15 is 0 Å². The molecule has 0 unspecified atom stereocenters. The number of aliphatic hydroxyl groups is 1. The average molecular weight is 259 g/mol. The maximum Gasteiger partial charge on any atom is 0.263 e. The molecule has 1 rings (SSSR count). The van der Waals surface area contributed by atoms with E-state index in [1.54, 1.807) is 13.8 Å². The number of rotatable bonds is 6. The number of nitrogens with zero attached hydrogens (tertiary/aromatic N) is 2. The summed E-state index contributed by atoms with van der Waals surface area (Å²) in [7, 11) is -3.68. The smallest absolute Gasteiger partial charge is 0.263 e. The number of hydrogen-bond donors (Lipinski definition) is 2. The van der Waals surface area contributed by atoms with Crippen molar-refractivity contribution in [2.24, 2.45) is 0 Å². The van der Waals surface area contributed by atoms with E-state index < -0.39 is 10.0 Å². The summed E-state index contributed by atoms with van der Waals surface area (Å²) in [6, 6.07) is 0. The van der Waals surface area contributed by atoms with Gasteiger partial charge in [-0.2, -0.15) is 9.40 Å². The highest BCUT2D eigenvalue weighted by Crippen LogP contribution is 2.20. The Balaban J connectivity index is 3.24. The summed E-state index contributed by atoms with van der Waals surface area (Å²) in [4.78, 5) is 0. The van der Waals surface area contributed by atoms with Crippen molar-refractivity contribution < 1.29 is 13.5 Å². The van der Waals surface area contributed by atoms with Crippen LogP contribution in [0, 0.1) is 6.92 Å². The standard InChI is InChI=1S/C10H17N3O3S/c1-4-6-13(5-2)17(15,16)10-9(7-14)8(3)11-12-10/h4,14H,1,5-7H2,2-3H3,(H,11,12). The monoisotopic (exact) mass is 259 g/mol. The van der Waals surface area contributed by atoms with Crippen molar-refractivity contribution in [2.75, 3.05) is 13.1 Å². The topological polar surface area (TPSA) is 86.3 Å². The maximum absolute atomic E-state index is 12.2. The minimum Gasteiger partial charge on any atom is -0.392 e. The van der Waals surface area contributed by atoms with Gasteiger partial charge in [0.15, 0.2) is 5.03 Å². The minimum atomic E-state index is -3.68. The molecule has 0 saturated carbocycles. The lowest BCUT2D eigenvalue weighted by atomic mass is 10.3. The Labute approximate surface area is 101 Å². The van der Waals surface area contributed by atoms with E-state index in [2.05, 4.69) is 16.8 Å². The Bertz CT molecular complexity index is 493. The first-order valence-electron chi connectivity index (χ1n) is 5.24. The molecule has 0 fully saturated rings. The third-order valence-corrected chi connectivity index (χ3v) is 4.38. The molecule has 0 bridgehead atoms. The largest absolute Gasteiger partial charge is 0.392 e. The second kappa shape index (κ2) is 5.44. The van der Waals surface area contributed by atoms with Crippen LogP contribution in [0.4, 0.5) is 0 Å². The van der Waals surface area contributed by atoms with Gasteiger partial charge in [0.25, 0.3) is 10.0 Å². The molecule has 7 heteroatoms. The van der Waals surface area contributed by atoms with Gasteiger partial charge >= 0.3 is 0 Å². The van der Waals surface area contributed by atoms with Crippen molar-refractivity contribution in [3.05, 3.63) is 23.9 Å². The third-order valence-electron chi connectivity index (χ3n) is 2.46. The zero-order valence-corrected chi connectivity index (χ0v) is 10.8. The zero-order chi connectivity index (χ0) is 13.1. The van der Waals surface area contributed by atoms with Gasteiger partial charge in [-0.05, 0) is 6.92 Å². The van der Waals surface area contributed by atoms with Crippen molar-refractivity contribution >= 4 is 10.0 Å². The lowest BCUT2D eigenvalue weighted by molar-refractivity contribution is 0.277. The van der Waals surface area contributed by atoms with Crippen LogP contribution in [0.1, 0.15) is 18.2 Å². The van der Waals surface area contributed by atoms with Crippen LogP contribution in [0.5, 0.6) is 0 Å². The molecule has 0 amide bonds. The van der Waals surface area contributed by atoms with E-state index in [-0.39, 0.29) is 18.2 Å². The molecule has 0 radical (unpaired) electrons. The quantitative estimate of drug-likeness (QED) is 0.724. The van der Waals surface area contributed by atoms with Gasteiger partial charge < -0.3 is 5.11 Å². The Morgan fingerprint density at radius 1 is 1.59 bits per heavy atom. The summed E-state index contributed by atoms with van der Waals surface area (Å²) in [5.41, 5.74) is 0.869. The van der Waals surface area contributed by atoms with E-state index in [4.69, 9.17) is 0 Å². The highest BCUT2D eigenvalue weighted by molar-refractivity contribution is 7.89. The van der Waals surface area contributed by atoms with Gasteiger partial charge in [0, 0.05) is 24.3 Å². The summed E-state index contributed by atoms with van der Waals surface area (Å²) < 4.78 is 25.7. The van der Waals surface area contributed by atoms with Crippen molar-refractivity contribution in [3.8, 4) is 0 Å². The number of H-pyrrole nitrogens is 1. The predicted molar refractivity (Wildman–Crippen MR) is 63.9 cm³/mol. The van der Waals surface area contributed by atoms with E-state index in [9.17, 15) is 13.5 Å². The number of aromatic nitrogens is 2. The molecule has 17 heavy (non-hydrogen) atoms. The second-order valence-electron chi connectivity index (χ2n) is 3.53. The third kappa shape index (κ3) is 2.56. The summed E-state index contributed by atoms with van der Waals surface area (Å²) in [6.07, 6.45) is 1.51. The van der Waals surface area contributed by atoms with Gasteiger partial charge in [0.1, 0.15) is 0 Å². The molecule has 0 aliphatic rings. The summed E-state index contributed by atoms with van der Waals surface area (Å²) in [6.45, 7) is 7.11. The van der Waals surface area contributed by atoms with Crippen LogP contribution in [0.15, 0.2) is 17.7 Å². The van der Waals surface area contributed by atoms with E-state index in [1.165, 1.54) is 10.4 Å². The SMILES string of the molecule is C=CCN(CC)S(=O)(=O)c1n[nH]c(C)c1CO.